The van der Waals surface area contributed by atoms with Crippen LogP contribution in [0.15, 0.2) is 58.1 Å². The van der Waals surface area contributed by atoms with E-state index in [1.54, 1.807) is 48.5 Å². The summed E-state index contributed by atoms with van der Waals surface area (Å²) in [5.74, 6) is 0.356. The second kappa shape index (κ2) is 7.37. The predicted molar refractivity (Wildman–Crippen MR) is 96.9 cm³/mol. The molecular formula is C19H18N2O5. The lowest BCUT2D eigenvalue weighted by Gasteiger charge is -2.13. The van der Waals surface area contributed by atoms with Crippen LogP contribution >= 0.6 is 0 Å². The fourth-order valence-electron chi connectivity index (χ4n) is 2.83. The van der Waals surface area contributed by atoms with E-state index in [9.17, 15) is 14.4 Å². The van der Waals surface area contributed by atoms with Crippen molar-refractivity contribution >= 4 is 16.7 Å². The van der Waals surface area contributed by atoms with Gasteiger partial charge in [0.15, 0.2) is 5.78 Å². The molecule has 0 saturated heterocycles. The minimum atomic E-state index is -0.621. The highest BCUT2D eigenvalue weighted by Gasteiger charge is 2.16. The summed E-state index contributed by atoms with van der Waals surface area (Å²) >= 11 is 0. The summed E-state index contributed by atoms with van der Waals surface area (Å²) in [6.07, 6.45) is 0. The van der Waals surface area contributed by atoms with Crippen molar-refractivity contribution in [1.29, 1.82) is 0 Å². The highest BCUT2D eigenvalue weighted by Crippen LogP contribution is 2.13. The Morgan fingerprint density at radius 3 is 2.38 bits per heavy atom. The van der Waals surface area contributed by atoms with E-state index in [4.69, 9.17) is 9.84 Å². The van der Waals surface area contributed by atoms with Crippen LogP contribution in [0.5, 0.6) is 5.75 Å². The maximum Gasteiger partial charge on any atom is 0.331 e. The molecule has 1 heterocycles. The minimum Gasteiger partial charge on any atom is -0.497 e. The van der Waals surface area contributed by atoms with Crippen molar-refractivity contribution in [1.82, 2.24) is 9.13 Å². The van der Waals surface area contributed by atoms with Crippen LogP contribution in [0, 0.1) is 0 Å². The Morgan fingerprint density at radius 1 is 1.04 bits per heavy atom. The number of hydrogen-bond donors (Lipinski definition) is 1. The van der Waals surface area contributed by atoms with Crippen LogP contribution in [0.1, 0.15) is 10.4 Å². The number of aromatic nitrogens is 2. The van der Waals surface area contributed by atoms with Gasteiger partial charge in [0, 0.05) is 5.56 Å². The molecule has 0 radical (unpaired) electrons. The summed E-state index contributed by atoms with van der Waals surface area (Å²) in [6, 6.07) is 13.2. The van der Waals surface area contributed by atoms with E-state index in [2.05, 4.69) is 0 Å². The van der Waals surface area contributed by atoms with Crippen molar-refractivity contribution in [3.8, 4) is 5.75 Å². The van der Waals surface area contributed by atoms with Crippen LogP contribution in [0.4, 0.5) is 0 Å². The number of benzene rings is 2. The minimum absolute atomic E-state index is 0.126. The zero-order valence-electron chi connectivity index (χ0n) is 14.2. The molecule has 1 N–H and O–H groups in total. The SMILES string of the molecule is COc1ccc(C(=O)Cn2c(=O)n(CCO)c(=O)c3ccccc32)cc1. The average molecular weight is 354 g/mol. The Bertz CT molecular complexity index is 1060. The number of aliphatic hydroxyl groups is 1. The first-order chi connectivity index (χ1) is 12.6. The number of ether oxygens (including phenoxy) is 1. The third-order valence-electron chi connectivity index (χ3n) is 4.17. The fraction of sp³-hybridized carbons (Fsp3) is 0.211. The van der Waals surface area contributed by atoms with Crippen molar-refractivity contribution in [2.24, 2.45) is 0 Å². The first-order valence-corrected chi connectivity index (χ1v) is 8.07. The standard InChI is InChI=1S/C19H18N2O5/c1-26-14-8-6-13(7-9-14)17(23)12-21-16-5-3-2-4-15(16)18(24)20(10-11-22)19(21)25/h2-9,22H,10-12H2,1H3. The molecule has 0 aliphatic carbocycles. The van der Waals surface area contributed by atoms with Gasteiger partial charge >= 0.3 is 5.69 Å². The van der Waals surface area contributed by atoms with Crippen LogP contribution in [-0.4, -0.2) is 33.7 Å². The summed E-state index contributed by atoms with van der Waals surface area (Å²) in [7, 11) is 1.53. The highest BCUT2D eigenvalue weighted by atomic mass is 16.5. The van der Waals surface area contributed by atoms with Gasteiger partial charge in [0.2, 0.25) is 0 Å². The van der Waals surface area contributed by atoms with Gasteiger partial charge < -0.3 is 9.84 Å². The largest absolute Gasteiger partial charge is 0.497 e. The van der Waals surface area contributed by atoms with Crippen molar-refractivity contribution in [3.63, 3.8) is 0 Å². The molecule has 3 rings (SSSR count). The van der Waals surface area contributed by atoms with Crippen molar-refractivity contribution in [3.05, 3.63) is 74.9 Å². The Kier molecular flexibility index (Phi) is 4.99. The molecular weight excluding hydrogens is 336 g/mol. The normalized spacial score (nSPS) is 10.8. The van der Waals surface area contributed by atoms with Crippen LogP contribution < -0.4 is 16.0 Å². The van der Waals surface area contributed by atoms with Crippen molar-refractivity contribution in [2.45, 2.75) is 13.1 Å². The lowest BCUT2D eigenvalue weighted by atomic mass is 10.1. The number of methoxy groups -OCH3 is 1. The van der Waals surface area contributed by atoms with Crippen LogP contribution in [0.2, 0.25) is 0 Å². The fourth-order valence-corrected chi connectivity index (χ4v) is 2.83. The molecule has 0 atom stereocenters. The predicted octanol–water partition coefficient (Wildman–Crippen LogP) is 1.05. The Labute approximate surface area is 148 Å². The molecule has 0 spiro atoms. The van der Waals surface area contributed by atoms with Gasteiger partial charge in [0.1, 0.15) is 5.75 Å². The van der Waals surface area contributed by atoms with E-state index in [1.807, 2.05) is 0 Å². The Balaban J connectivity index is 2.10. The number of ketones is 1. The van der Waals surface area contributed by atoms with E-state index in [0.29, 0.717) is 22.2 Å². The zero-order chi connectivity index (χ0) is 18.7. The van der Waals surface area contributed by atoms with E-state index in [-0.39, 0.29) is 25.5 Å². The molecule has 0 saturated carbocycles. The second-order valence-electron chi connectivity index (χ2n) is 5.72. The second-order valence-corrected chi connectivity index (χ2v) is 5.72. The topological polar surface area (TPSA) is 90.5 Å². The number of nitrogens with zero attached hydrogens (tertiary/aromatic N) is 2. The summed E-state index contributed by atoms with van der Waals surface area (Å²) in [5.41, 5.74) is -0.280. The first-order valence-electron chi connectivity index (χ1n) is 8.07. The maximum absolute atomic E-state index is 12.7. The molecule has 2 aromatic carbocycles. The Hall–Kier alpha value is -3.19. The number of carbonyl (C=O) groups is 1. The van der Waals surface area contributed by atoms with E-state index >= 15 is 0 Å². The molecule has 0 aliphatic heterocycles. The molecule has 7 heteroatoms. The third kappa shape index (κ3) is 3.16. The van der Waals surface area contributed by atoms with Crippen molar-refractivity contribution in [2.75, 3.05) is 13.7 Å². The molecule has 0 aliphatic rings. The van der Waals surface area contributed by atoms with Gasteiger partial charge in [-0.1, -0.05) is 12.1 Å². The number of hydrogen-bond acceptors (Lipinski definition) is 5. The molecule has 0 unspecified atom stereocenters. The van der Waals surface area contributed by atoms with Gasteiger partial charge in [-0.25, -0.2) is 4.79 Å². The van der Waals surface area contributed by atoms with Gasteiger partial charge in [-0.3, -0.25) is 18.7 Å². The lowest BCUT2D eigenvalue weighted by molar-refractivity contribution is 0.0971. The molecule has 0 bridgehead atoms. The average Bonchev–Trinajstić information content (AvgIpc) is 2.68. The van der Waals surface area contributed by atoms with Gasteiger partial charge in [-0.05, 0) is 36.4 Å². The quantitative estimate of drug-likeness (QED) is 0.668. The van der Waals surface area contributed by atoms with Gasteiger partial charge in [-0.15, -0.1) is 0 Å². The molecule has 1 aromatic heterocycles. The smallest absolute Gasteiger partial charge is 0.331 e. The molecule has 0 amide bonds. The van der Waals surface area contributed by atoms with Gasteiger partial charge in [-0.2, -0.15) is 0 Å². The summed E-state index contributed by atoms with van der Waals surface area (Å²) in [6.45, 7) is -0.684. The van der Waals surface area contributed by atoms with Crippen LogP contribution in [0.3, 0.4) is 0 Å². The summed E-state index contributed by atoms with van der Waals surface area (Å²) in [5, 5.41) is 9.48. The molecule has 7 nitrogen and oxygen atoms in total. The number of aliphatic hydroxyl groups excluding tert-OH is 1. The molecule has 0 fully saturated rings. The zero-order valence-corrected chi connectivity index (χ0v) is 14.2. The van der Waals surface area contributed by atoms with Gasteiger partial charge in [0.05, 0.1) is 37.7 Å². The summed E-state index contributed by atoms with van der Waals surface area (Å²) in [4.78, 5) is 37.8. The van der Waals surface area contributed by atoms with E-state index < -0.39 is 11.2 Å². The lowest BCUT2D eigenvalue weighted by Crippen LogP contribution is -2.41. The number of fused-ring (bicyclic) bond motifs is 1. The van der Waals surface area contributed by atoms with Crippen molar-refractivity contribution < 1.29 is 14.6 Å². The van der Waals surface area contributed by atoms with Crippen LogP contribution in [0.25, 0.3) is 10.9 Å². The van der Waals surface area contributed by atoms with E-state index in [1.165, 1.54) is 11.7 Å². The number of carbonyl (C=O) groups excluding carboxylic acids is 1. The van der Waals surface area contributed by atoms with E-state index in [0.717, 1.165) is 4.57 Å². The van der Waals surface area contributed by atoms with Gasteiger partial charge in [0.25, 0.3) is 5.56 Å². The molecule has 26 heavy (non-hydrogen) atoms. The summed E-state index contributed by atoms with van der Waals surface area (Å²) < 4.78 is 7.28. The third-order valence-corrected chi connectivity index (χ3v) is 4.17. The molecule has 134 valence electrons. The number of rotatable bonds is 6. The number of Topliss-reactive ketones (excluding diaryl/α,β-unsaturated/α-hetero) is 1. The maximum atomic E-state index is 12.7. The first kappa shape index (κ1) is 17.6. The number of para-hydroxylation sites is 1. The monoisotopic (exact) mass is 354 g/mol. The highest BCUT2D eigenvalue weighted by molar-refractivity contribution is 5.96. The Morgan fingerprint density at radius 2 is 1.73 bits per heavy atom. The van der Waals surface area contributed by atoms with Crippen LogP contribution in [-0.2, 0) is 13.1 Å². The molecule has 3 aromatic rings.